The molecule has 1 amide bonds. The Hall–Kier alpha value is -3.22. The summed E-state index contributed by atoms with van der Waals surface area (Å²) in [6.07, 6.45) is 8.15. The second-order valence-electron chi connectivity index (χ2n) is 9.54. The van der Waals surface area contributed by atoms with Gasteiger partial charge in [-0.3, -0.25) is 14.1 Å². The van der Waals surface area contributed by atoms with E-state index in [4.69, 9.17) is 11.6 Å². The molecular formula is C35H46ClN3O2S. The van der Waals surface area contributed by atoms with Crippen LogP contribution in [0, 0.1) is 0 Å². The summed E-state index contributed by atoms with van der Waals surface area (Å²) in [5, 5.41) is 5.54. The summed E-state index contributed by atoms with van der Waals surface area (Å²) in [4.78, 5) is 17.5. The van der Waals surface area contributed by atoms with Gasteiger partial charge in [-0.1, -0.05) is 96.2 Å². The molecule has 0 bridgehead atoms. The number of aromatic nitrogens is 1. The van der Waals surface area contributed by atoms with Crippen molar-refractivity contribution in [1.29, 1.82) is 0 Å². The molecule has 0 saturated heterocycles. The smallest absolute Gasteiger partial charge is 0.255 e. The Morgan fingerprint density at radius 2 is 1.55 bits per heavy atom. The van der Waals surface area contributed by atoms with Crippen LogP contribution in [-0.4, -0.2) is 27.4 Å². The third-order valence-corrected chi connectivity index (χ3v) is 8.33. The highest BCUT2D eigenvalue weighted by atomic mass is 35.5. The summed E-state index contributed by atoms with van der Waals surface area (Å²) < 4.78 is 14.3. The number of pyridine rings is 1. The van der Waals surface area contributed by atoms with E-state index in [9.17, 15) is 9.00 Å². The standard InChI is InChI=1S/C27H26ClN3O2S.C6H14.C2H6/c1-3-15-34(33)31(4-2)24-11-9-20(10-12-24)27(32)30-23-17-21(16-22(28)18-23)26-25-8-6-5-7-19(25)13-14-29-26;1-3-5-6-4-2;1-2/h5-14,16-18H,3-4,15H2,1-2H3,(H,30,32);3-6H2,1-2H3;1-2H3. The third-order valence-electron chi connectivity index (χ3n) is 6.39. The van der Waals surface area contributed by atoms with Gasteiger partial charge in [-0.25, -0.2) is 4.21 Å². The average molecular weight is 608 g/mol. The minimum Gasteiger partial charge on any atom is -0.322 e. The molecule has 4 aromatic rings. The molecule has 5 nitrogen and oxygen atoms in total. The molecule has 1 heterocycles. The molecule has 0 spiro atoms. The number of carbonyl (C=O) groups excluding carboxylic acids is 1. The number of nitrogens with zero attached hydrogens (tertiary/aromatic N) is 2. The molecule has 0 aliphatic carbocycles. The van der Waals surface area contributed by atoms with Crippen molar-refractivity contribution in [2.75, 3.05) is 21.9 Å². The van der Waals surface area contributed by atoms with Crippen LogP contribution in [0.2, 0.25) is 5.02 Å². The average Bonchev–Trinajstić information content (AvgIpc) is 3.01. The first-order valence-electron chi connectivity index (χ1n) is 15.1. The molecule has 1 aromatic heterocycles. The molecule has 226 valence electrons. The first kappa shape index (κ1) is 35.0. The number of amides is 1. The van der Waals surface area contributed by atoms with Crippen LogP contribution in [0.15, 0.2) is 79.0 Å². The molecule has 1 atom stereocenters. The van der Waals surface area contributed by atoms with E-state index in [2.05, 4.69) is 24.1 Å². The second-order valence-corrected chi connectivity index (χ2v) is 11.5. The fourth-order valence-electron chi connectivity index (χ4n) is 4.36. The highest BCUT2D eigenvalue weighted by Crippen LogP contribution is 2.31. The van der Waals surface area contributed by atoms with E-state index in [1.165, 1.54) is 25.7 Å². The quantitative estimate of drug-likeness (QED) is 0.172. The van der Waals surface area contributed by atoms with Crippen LogP contribution in [0.1, 0.15) is 84.0 Å². The maximum Gasteiger partial charge on any atom is 0.255 e. The van der Waals surface area contributed by atoms with E-state index in [0.29, 0.717) is 28.6 Å². The fraction of sp³-hybridized carbons (Fsp3) is 0.371. The van der Waals surface area contributed by atoms with Crippen molar-refractivity contribution in [3.8, 4) is 11.3 Å². The Labute approximate surface area is 260 Å². The minimum atomic E-state index is -1.08. The van der Waals surface area contributed by atoms with Crippen LogP contribution < -0.4 is 9.62 Å². The maximum atomic E-state index is 12.9. The predicted molar refractivity (Wildman–Crippen MR) is 184 cm³/mol. The van der Waals surface area contributed by atoms with E-state index in [1.54, 1.807) is 24.4 Å². The molecule has 4 rings (SSSR count). The van der Waals surface area contributed by atoms with Gasteiger partial charge in [0, 0.05) is 51.4 Å². The lowest BCUT2D eigenvalue weighted by molar-refractivity contribution is 0.102. The molecule has 0 radical (unpaired) electrons. The number of anilines is 2. The highest BCUT2D eigenvalue weighted by Gasteiger charge is 2.14. The normalized spacial score (nSPS) is 11.0. The van der Waals surface area contributed by atoms with Crippen LogP contribution in [-0.2, 0) is 11.0 Å². The van der Waals surface area contributed by atoms with Gasteiger partial charge in [-0.2, -0.15) is 0 Å². The Morgan fingerprint density at radius 3 is 2.17 bits per heavy atom. The Balaban J connectivity index is 0.000000686. The number of hydrogen-bond acceptors (Lipinski definition) is 3. The Morgan fingerprint density at radius 1 is 0.881 bits per heavy atom. The summed E-state index contributed by atoms with van der Waals surface area (Å²) >= 11 is 6.39. The van der Waals surface area contributed by atoms with Gasteiger partial charge in [0.1, 0.15) is 11.0 Å². The molecule has 0 saturated carbocycles. The monoisotopic (exact) mass is 607 g/mol. The van der Waals surface area contributed by atoms with Gasteiger partial charge >= 0.3 is 0 Å². The van der Waals surface area contributed by atoms with Gasteiger partial charge in [0.25, 0.3) is 5.91 Å². The van der Waals surface area contributed by atoms with Gasteiger partial charge in [-0.05, 0) is 67.3 Å². The first-order valence-corrected chi connectivity index (χ1v) is 16.8. The van der Waals surface area contributed by atoms with Gasteiger partial charge in [0.15, 0.2) is 0 Å². The first-order chi connectivity index (χ1) is 20.4. The topological polar surface area (TPSA) is 62.3 Å². The summed E-state index contributed by atoms with van der Waals surface area (Å²) in [7, 11) is -1.08. The van der Waals surface area contributed by atoms with Gasteiger partial charge in [-0.15, -0.1) is 0 Å². The SMILES string of the molecule is CC.CCCCCC.CCCS(=O)N(CC)c1ccc(C(=O)Nc2cc(Cl)cc(-c3nccc4ccccc34)c2)cc1. The summed E-state index contributed by atoms with van der Waals surface area (Å²) in [5.41, 5.74) is 3.56. The molecule has 1 unspecified atom stereocenters. The maximum absolute atomic E-state index is 12.9. The van der Waals surface area contributed by atoms with E-state index < -0.39 is 11.0 Å². The molecule has 0 fully saturated rings. The largest absolute Gasteiger partial charge is 0.322 e. The Kier molecular flexibility index (Phi) is 15.9. The van der Waals surface area contributed by atoms with E-state index in [-0.39, 0.29) is 5.91 Å². The molecular weight excluding hydrogens is 562 g/mol. The number of unbranched alkanes of at least 4 members (excludes halogenated alkanes) is 3. The number of benzene rings is 3. The van der Waals surface area contributed by atoms with Crippen molar-refractivity contribution >= 4 is 50.6 Å². The molecule has 7 heteroatoms. The van der Waals surface area contributed by atoms with Gasteiger partial charge in [0.05, 0.1) is 5.69 Å². The summed E-state index contributed by atoms with van der Waals surface area (Å²) in [5.74, 6) is 0.363. The van der Waals surface area contributed by atoms with Crippen LogP contribution >= 0.6 is 11.6 Å². The van der Waals surface area contributed by atoms with Gasteiger partial charge in [0.2, 0.25) is 0 Å². The van der Waals surface area contributed by atoms with Crippen LogP contribution in [0.4, 0.5) is 11.4 Å². The van der Waals surface area contributed by atoms with E-state index in [1.807, 2.05) is 86.6 Å². The Bertz CT molecular complexity index is 1400. The summed E-state index contributed by atoms with van der Waals surface area (Å²) in [6.45, 7) is 13.1. The summed E-state index contributed by atoms with van der Waals surface area (Å²) in [6, 6.07) is 22.6. The van der Waals surface area contributed by atoms with Crippen molar-refractivity contribution in [3.05, 3.63) is 89.6 Å². The van der Waals surface area contributed by atoms with Gasteiger partial charge < -0.3 is 5.32 Å². The van der Waals surface area contributed by atoms with Crippen molar-refractivity contribution in [1.82, 2.24) is 4.98 Å². The van der Waals surface area contributed by atoms with Crippen molar-refractivity contribution in [2.24, 2.45) is 0 Å². The van der Waals surface area contributed by atoms with Crippen LogP contribution in [0.25, 0.3) is 22.0 Å². The van der Waals surface area contributed by atoms with E-state index in [0.717, 1.165) is 34.1 Å². The molecule has 1 N–H and O–H groups in total. The lowest BCUT2D eigenvalue weighted by atomic mass is 10.0. The number of halogens is 1. The molecule has 0 aliphatic heterocycles. The zero-order valence-corrected chi connectivity index (χ0v) is 27.5. The number of hydrogen-bond donors (Lipinski definition) is 1. The van der Waals surface area contributed by atoms with E-state index >= 15 is 0 Å². The zero-order chi connectivity index (χ0) is 30.9. The van der Waals surface area contributed by atoms with Crippen molar-refractivity contribution in [2.45, 2.75) is 73.6 Å². The van der Waals surface area contributed by atoms with Crippen molar-refractivity contribution < 1.29 is 9.00 Å². The lowest BCUT2D eigenvalue weighted by Gasteiger charge is -2.21. The lowest BCUT2D eigenvalue weighted by Crippen LogP contribution is -2.27. The number of fused-ring (bicyclic) bond motifs is 1. The van der Waals surface area contributed by atoms with Crippen LogP contribution in [0.3, 0.4) is 0 Å². The minimum absolute atomic E-state index is 0.247. The number of rotatable bonds is 11. The predicted octanol–water partition coefficient (Wildman–Crippen LogP) is 10.3. The molecule has 42 heavy (non-hydrogen) atoms. The van der Waals surface area contributed by atoms with Crippen LogP contribution in [0.5, 0.6) is 0 Å². The fourth-order valence-corrected chi connectivity index (χ4v) is 5.81. The number of nitrogens with one attached hydrogen (secondary N) is 1. The highest BCUT2D eigenvalue weighted by molar-refractivity contribution is 7.86. The second kappa shape index (κ2) is 19.1. The molecule has 3 aromatic carbocycles. The number of carbonyl (C=O) groups is 1. The molecule has 0 aliphatic rings. The third kappa shape index (κ3) is 10.2. The van der Waals surface area contributed by atoms with Crippen molar-refractivity contribution in [3.63, 3.8) is 0 Å². The zero-order valence-electron chi connectivity index (χ0n) is 26.0.